The summed E-state index contributed by atoms with van der Waals surface area (Å²) < 4.78 is 0.969. The average molecular weight is 448 g/mol. The number of urea groups is 1. The Balaban J connectivity index is 1.56. The van der Waals surface area contributed by atoms with Crippen LogP contribution in [0.15, 0.2) is 77.5 Å². The van der Waals surface area contributed by atoms with Gasteiger partial charge in [0.05, 0.1) is 5.52 Å². The summed E-state index contributed by atoms with van der Waals surface area (Å²) >= 11 is 3.47. The maximum Gasteiger partial charge on any atom is 0.323 e. The zero-order valence-electron chi connectivity index (χ0n) is 15.6. The van der Waals surface area contributed by atoms with Crippen LogP contribution in [0.4, 0.5) is 27.7 Å². The van der Waals surface area contributed by atoms with Crippen molar-refractivity contribution in [1.29, 1.82) is 0 Å². The van der Waals surface area contributed by atoms with E-state index < -0.39 is 0 Å². The number of hydrogen-bond donors (Lipinski definition) is 3. The molecule has 0 atom stereocenters. The number of aryl methyl sites for hydroxylation is 1. The van der Waals surface area contributed by atoms with E-state index in [1.165, 1.54) is 6.33 Å². The van der Waals surface area contributed by atoms with E-state index in [0.717, 1.165) is 32.3 Å². The van der Waals surface area contributed by atoms with Crippen molar-refractivity contribution < 1.29 is 4.79 Å². The maximum absolute atomic E-state index is 12.3. The molecular formula is C22H18BrN5O. The lowest BCUT2D eigenvalue weighted by Crippen LogP contribution is -2.19. The van der Waals surface area contributed by atoms with Gasteiger partial charge in [0.15, 0.2) is 0 Å². The molecule has 0 fully saturated rings. The fourth-order valence-electron chi connectivity index (χ4n) is 2.87. The van der Waals surface area contributed by atoms with Crippen molar-refractivity contribution in [2.75, 3.05) is 16.0 Å². The van der Waals surface area contributed by atoms with Crippen molar-refractivity contribution in [2.45, 2.75) is 6.92 Å². The molecule has 4 aromatic rings. The highest BCUT2D eigenvalue weighted by Crippen LogP contribution is 2.27. The van der Waals surface area contributed by atoms with Gasteiger partial charge >= 0.3 is 6.03 Å². The van der Waals surface area contributed by atoms with Crippen LogP contribution in [0.5, 0.6) is 0 Å². The third-order valence-electron chi connectivity index (χ3n) is 4.29. The summed E-state index contributed by atoms with van der Waals surface area (Å²) in [6.07, 6.45) is 1.51. The number of nitrogens with zero attached hydrogens (tertiary/aromatic N) is 2. The van der Waals surface area contributed by atoms with Crippen LogP contribution in [0, 0.1) is 6.92 Å². The molecule has 0 saturated heterocycles. The SMILES string of the molecule is Cc1ccc(NC(=O)Nc2ccc3ncnc(Nc4cccc(Br)c4)c3c2)cc1. The van der Waals surface area contributed by atoms with Gasteiger partial charge in [0.25, 0.3) is 0 Å². The van der Waals surface area contributed by atoms with Crippen LogP contribution in [-0.4, -0.2) is 16.0 Å². The highest BCUT2D eigenvalue weighted by Gasteiger charge is 2.08. The number of fused-ring (bicyclic) bond motifs is 1. The van der Waals surface area contributed by atoms with E-state index in [1.807, 2.05) is 73.7 Å². The molecule has 29 heavy (non-hydrogen) atoms. The van der Waals surface area contributed by atoms with Crippen LogP contribution in [0.25, 0.3) is 10.9 Å². The summed E-state index contributed by atoms with van der Waals surface area (Å²) in [7, 11) is 0. The Morgan fingerprint density at radius 1 is 0.862 bits per heavy atom. The molecule has 0 aliphatic heterocycles. The number of nitrogens with one attached hydrogen (secondary N) is 3. The van der Waals surface area contributed by atoms with Gasteiger partial charge < -0.3 is 16.0 Å². The minimum absolute atomic E-state index is 0.313. The van der Waals surface area contributed by atoms with Gasteiger partial charge in [-0.05, 0) is 55.5 Å². The second-order valence-electron chi connectivity index (χ2n) is 6.53. The Labute approximate surface area is 176 Å². The third kappa shape index (κ3) is 4.70. The number of hydrogen-bond acceptors (Lipinski definition) is 4. The normalized spacial score (nSPS) is 10.6. The first-order valence-corrected chi connectivity index (χ1v) is 9.78. The first-order valence-electron chi connectivity index (χ1n) is 8.99. The lowest BCUT2D eigenvalue weighted by Gasteiger charge is -2.11. The van der Waals surface area contributed by atoms with Crippen molar-refractivity contribution in [3.05, 3.63) is 83.1 Å². The molecule has 0 aliphatic rings. The van der Waals surface area contributed by atoms with Gasteiger partial charge in [-0.1, -0.05) is 39.7 Å². The standard InChI is InChI=1S/C22H18BrN5O/c1-14-5-7-16(8-6-14)27-22(29)28-18-9-10-20-19(12-18)21(25-13-24-20)26-17-4-2-3-15(23)11-17/h2-13H,1H3,(H,24,25,26)(H2,27,28,29). The first kappa shape index (κ1) is 18.9. The molecule has 7 heteroatoms. The minimum atomic E-state index is -0.313. The quantitative estimate of drug-likeness (QED) is 0.353. The van der Waals surface area contributed by atoms with Crippen LogP contribution in [-0.2, 0) is 0 Å². The molecule has 0 saturated carbocycles. The van der Waals surface area contributed by atoms with E-state index in [-0.39, 0.29) is 6.03 Å². The van der Waals surface area contributed by atoms with Crippen LogP contribution in [0.1, 0.15) is 5.56 Å². The number of aromatic nitrogens is 2. The van der Waals surface area contributed by atoms with Crippen LogP contribution < -0.4 is 16.0 Å². The number of carbonyl (C=O) groups excluding carboxylic acids is 1. The Hall–Kier alpha value is -3.45. The number of anilines is 4. The summed E-state index contributed by atoms with van der Waals surface area (Å²) in [4.78, 5) is 21.0. The summed E-state index contributed by atoms with van der Waals surface area (Å²) in [5.41, 5.74) is 4.19. The first-order chi connectivity index (χ1) is 14.1. The summed E-state index contributed by atoms with van der Waals surface area (Å²) in [6, 6.07) is 20.6. The second kappa shape index (κ2) is 8.28. The highest BCUT2D eigenvalue weighted by molar-refractivity contribution is 9.10. The number of carbonyl (C=O) groups is 1. The smallest absolute Gasteiger partial charge is 0.323 e. The van der Waals surface area contributed by atoms with E-state index in [1.54, 1.807) is 0 Å². The van der Waals surface area contributed by atoms with Crippen molar-refractivity contribution in [3.63, 3.8) is 0 Å². The van der Waals surface area contributed by atoms with E-state index in [0.29, 0.717) is 11.5 Å². The minimum Gasteiger partial charge on any atom is -0.340 e. The molecule has 2 amide bonds. The van der Waals surface area contributed by atoms with Gasteiger partial charge in [-0.25, -0.2) is 14.8 Å². The predicted molar refractivity (Wildman–Crippen MR) is 121 cm³/mol. The van der Waals surface area contributed by atoms with Crippen molar-refractivity contribution >= 4 is 55.7 Å². The van der Waals surface area contributed by atoms with Gasteiger partial charge in [-0.15, -0.1) is 0 Å². The highest BCUT2D eigenvalue weighted by atomic mass is 79.9. The number of rotatable bonds is 4. The van der Waals surface area contributed by atoms with Crippen molar-refractivity contribution in [1.82, 2.24) is 9.97 Å². The lowest BCUT2D eigenvalue weighted by molar-refractivity contribution is 0.262. The molecule has 0 spiro atoms. The maximum atomic E-state index is 12.3. The summed E-state index contributed by atoms with van der Waals surface area (Å²) in [5.74, 6) is 0.663. The fourth-order valence-corrected chi connectivity index (χ4v) is 3.27. The van der Waals surface area contributed by atoms with Gasteiger partial charge in [-0.2, -0.15) is 0 Å². The number of amides is 2. The fraction of sp³-hybridized carbons (Fsp3) is 0.0455. The molecule has 3 aromatic carbocycles. The second-order valence-corrected chi connectivity index (χ2v) is 7.45. The number of benzene rings is 3. The summed E-state index contributed by atoms with van der Waals surface area (Å²) in [6.45, 7) is 2.00. The zero-order chi connectivity index (χ0) is 20.2. The average Bonchev–Trinajstić information content (AvgIpc) is 2.70. The Morgan fingerprint density at radius 3 is 2.41 bits per heavy atom. The van der Waals surface area contributed by atoms with Gasteiger partial charge in [0.1, 0.15) is 12.1 Å². The molecule has 6 nitrogen and oxygen atoms in total. The van der Waals surface area contributed by atoms with E-state index in [2.05, 4.69) is 41.8 Å². The molecule has 144 valence electrons. The van der Waals surface area contributed by atoms with Crippen LogP contribution in [0.3, 0.4) is 0 Å². The summed E-state index contributed by atoms with van der Waals surface area (Å²) in [5, 5.41) is 9.79. The van der Waals surface area contributed by atoms with Crippen molar-refractivity contribution in [2.24, 2.45) is 0 Å². The van der Waals surface area contributed by atoms with Gasteiger partial charge in [0.2, 0.25) is 0 Å². The predicted octanol–water partition coefficient (Wildman–Crippen LogP) is 6.09. The molecular weight excluding hydrogens is 430 g/mol. The van der Waals surface area contributed by atoms with E-state index in [4.69, 9.17) is 0 Å². The van der Waals surface area contributed by atoms with Crippen LogP contribution in [0.2, 0.25) is 0 Å². The molecule has 3 N–H and O–H groups in total. The topological polar surface area (TPSA) is 78.9 Å². The third-order valence-corrected chi connectivity index (χ3v) is 4.78. The van der Waals surface area contributed by atoms with E-state index in [9.17, 15) is 4.79 Å². The number of halogens is 1. The molecule has 4 rings (SSSR count). The van der Waals surface area contributed by atoms with Crippen molar-refractivity contribution in [3.8, 4) is 0 Å². The molecule has 0 unspecified atom stereocenters. The zero-order valence-corrected chi connectivity index (χ0v) is 17.2. The molecule has 0 radical (unpaired) electrons. The lowest BCUT2D eigenvalue weighted by atomic mass is 10.2. The van der Waals surface area contributed by atoms with Crippen LogP contribution >= 0.6 is 15.9 Å². The Kier molecular flexibility index (Phi) is 5.39. The Bertz CT molecular complexity index is 1180. The molecule has 0 bridgehead atoms. The molecule has 1 heterocycles. The molecule has 1 aromatic heterocycles. The monoisotopic (exact) mass is 447 g/mol. The Morgan fingerprint density at radius 2 is 1.62 bits per heavy atom. The molecule has 0 aliphatic carbocycles. The van der Waals surface area contributed by atoms with Gasteiger partial charge in [-0.3, -0.25) is 0 Å². The van der Waals surface area contributed by atoms with E-state index >= 15 is 0 Å². The largest absolute Gasteiger partial charge is 0.340 e. The van der Waals surface area contributed by atoms with Gasteiger partial charge in [0, 0.05) is 26.9 Å².